The number of methoxy groups -OCH3 is 1. The highest BCUT2D eigenvalue weighted by molar-refractivity contribution is 5.84. The Hall–Kier alpha value is -2.03. The van der Waals surface area contributed by atoms with Gasteiger partial charge in [0.05, 0.1) is 7.11 Å². The molecule has 0 spiro atoms. The van der Waals surface area contributed by atoms with E-state index in [1.165, 1.54) is 7.11 Å². The third-order valence-corrected chi connectivity index (χ3v) is 2.80. The first-order valence-corrected chi connectivity index (χ1v) is 5.51. The van der Waals surface area contributed by atoms with Crippen LogP contribution in [0.2, 0.25) is 0 Å². The molecule has 1 atom stereocenters. The van der Waals surface area contributed by atoms with Crippen molar-refractivity contribution < 1.29 is 9.53 Å². The van der Waals surface area contributed by atoms with Gasteiger partial charge in [0.1, 0.15) is 0 Å². The molecule has 0 saturated heterocycles. The van der Waals surface area contributed by atoms with E-state index in [0.717, 1.165) is 5.56 Å². The summed E-state index contributed by atoms with van der Waals surface area (Å²) in [5.74, 6) is -0.276. The van der Waals surface area contributed by atoms with E-state index < -0.39 is 5.54 Å². The lowest BCUT2D eigenvalue weighted by Gasteiger charge is -2.30. The van der Waals surface area contributed by atoms with Crippen molar-refractivity contribution in [3.05, 3.63) is 60.3 Å². The molecule has 2 rings (SSSR count). The van der Waals surface area contributed by atoms with Gasteiger partial charge >= 0.3 is 5.97 Å². The van der Waals surface area contributed by atoms with Crippen LogP contribution in [0.25, 0.3) is 0 Å². The van der Waals surface area contributed by atoms with Gasteiger partial charge in [-0.05, 0) is 23.9 Å². The first-order chi connectivity index (χ1) is 8.27. The van der Waals surface area contributed by atoms with Gasteiger partial charge in [-0.15, -0.1) is 0 Å². The standard InChI is InChI=1S/C14H15NO2/c1-17-13(16)14(9-5-6-10-15-14)11-12-7-3-2-4-8-12/h2-10,15H,11H2,1H3. The lowest BCUT2D eigenvalue weighted by molar-refractivity contribution is -0.146. The van der Waals surface area contributed by atoms with Crippen molar-refractivity contribution in [2.24, 2.45) is 0 Å². The highest BCUT2D eigenvalue weighted by atomic mass is 16.5. The van der Waals surface area contributed by atoms with Gasteiger partial charge in [0.15, 0.2) is 5.54 Å². The molecular weight excluding hydrogens is 214 g/mol. The third-order valence-electron chi connectivity index (χ3n) is 2.80. The lowest BCUT2D eigenvalue weighted by atomic mass is 9.89. The quantitative estimate of drug-likeness (QED) is 0.803. The molecule has 1 unspecified atom stereocenters. The summed E-state index contributed by atoms with van der Waals surface area (Å²) in [5, 5.41) is 3.09. The van der Waals surface area contributed by atoms with Crippen molar-refractivity contribution in [2.45, 2.75) is 12.0 Å². The fourth-order valence-electron chi connectivity index (χ4n) is 1.93. The lowest BCUT2D eigenvalue weighted by Crippen LogP contribution is -2.51. The third kappa shape index (κ3) is 2.38. The molecule has 17 heavy (non-hydrogen) atoms. The normalized spacial score (nSPS) is 21.9. The zero-order valence-corrected chi connectivity index (χ0v) is 9.72. The minimum absolute atomic E-state index is 0.276. The molecule has 1 N–H and O–H groups in total. The molecule has 0 radical (unpaired) electrons. The number of rotatable bonds is 3. The first kappa shape index (κ1) is 11.5. The minimum atomic E-state index is -0.787. The summed E-state index contributed by atoms with van der Waals surface area (Å²) in [6, 6.07) is 9.88. The Morgan fingerprint density at radius 2 is 2.06 bits per heavy atom. The molecule has 3 heteroatoms. The van der Waals surface area contributed by atoms with E-state index in [0.29, 0.717) is 6.42 Å². The molecule has 0 aliphatic carbocycles. The number of ether oxygens (including phenoxy) is 1. The Morgan fingerprint density at radius 3 is 2.65 bits per heavy atom. The fraction of sp³-hybridized carbons (Fsp3) is 0.214. The maximum Gasteiger partial charge on any atom is 0.335 e. The van der Waals surface area contributed by atoms with Gasteiger partial charge in [-0.1, -0.05) is 36.4 Å². The topological polar surface area (TPSA) is 38.3 Å². The van der Waals surface area contributed by atoms with Gasteiger partial charge in [0, 0.05) is 6.42 Å². The van der Waals surface area contributed by atoms with Crippen LogP contribution >= 0.6 is 0 Å². The van der Waals surface area contributed by atoms with Crippen LogP contribution in [0.3, 0.4) is 0 Å². The zero-order valence-electron chi connectivity index (χ0n) is 9.72. The van der Waals surface area contributed by atoms with Crippen molar-refractivity contribution in [3.8, 4) is 0 Å². The highest BCUT2D eigenvalue weighted by Gasteiger charge is 2.36. The van der Waals surface area contributed by atoms with Gasteiger partial charge in [-0.2, -0.15) is 0 Å². The summed E-state index contributed by atoms with van der Waals surface area (Å²) >= 11 is 0. The van der Waals surface area contributed by atoms with Crippen molar-refractivity contribution in [3.63, 3.8) is 0 Å². The van der Waals surface area contributed by atoms with Crippen LogP contribution in [0.15, 0.2) is 54.8 Å². The van der Waals surface area contributed by atoms with Crippen LogP contribution in [0, 0.1) is 0 Å². The van der Waals surface area contributed by atoms with E-state index in [1.807, 2.05) is 48.6 Å². The van der Waals surface area contributed by atoms with Crippen LogP contribution in [0.5, 0.6) is 0 Å². The van der Waals surface area contributed by atoms with E-state index in [-0.39, 0.29) is 5.97 Å². The predicted octanol–water partition coefficient (Wildman–Crippen LogP) is 1.81. The maximum atomic E-state index is 11.9. The summed E-state index contributed by atoms with van der Waals surface area (Å²) < 4.78 is 4.88. The molecule has 0 saturated carbocycles. The number of nitrogens with one attached hydrogen (secondary N) is 1. The Kier molecular flexibility index (Phi) is 3.28. The molecular formula is C14H15NO2. The SMILES string of the molecule is COC(=O)C1(Cc2ccccc2)C=CC=CN1. The molecule has 3 nitrogen and oxygen atoms in total. The number of allylic oxidation sites excluding steroid dienone is 2. The highest BCUT2D eigenvalue weighted by Crippen LogP contribution is 2.19. The Bertz CT molecular complexity index is 451. The van der Waals surface area contributed by atoms with E-state index in [1.54, 1.807) is 6.20 Å². The average Bonchev–Trinajstić information content (AvgIpc) is 2.40. The second-order valence-corrected chi connectivity index (χ2v) is 3.99. The molecule has 88 valence electrons. The van der Waals surface area contributed by atoms with Crippen LogP contribution < -0.4 is 5.32 Å². The number of carbonyl (C=O) groups is 1. The van der Waals surface area contributed by atoms with Crippen molar-refractivity contribution in [1.82, 2.24) is 5.32 Å². The van der Waals surface area contributed by atoms with E-state index in [2.05, 4.69) is 5.32 Å². The summed E-state index contributed by atoms with van der Waals surface area (Å²) in [4.78, 5) is 11.9. The molecule has 0 fully saturated rings. The molecule has 0 aromatic heterocycles. The molecule has 1 aromatic rings. The summed E-state index contributed by atoms with van der Waals surface area (Å²) in [6.45, 7) is 0. The van der Waals surface area contributed by atoms with Crippen LogP contribution in [-0.4, -0.2) is 18.6 Å². The predicted molar refractivity (Wildman–Crippen MR) is 66.3 cm³/mol. The number of benzene rings is 1. The molecule has 0 bridgehead atoms. The number of hydrogen-bond acceptors (Lipinski definition) is 3. The molecule has 1 aliphatic rings. The molecule has 1 aromatic carbocycles. The van der Waals surface area contributed by atoms with E-state index >= 15 is 0 Å². The van der Waals surface area contributed by atoms with E-state index in [9.17, 15) is 4.79 Å². The Labute approximate surface area is 101 Å². The summed E-state index contributed by atoms with van der Waals surface area (Å²) in [6.07, 6.45) is 7.88. The van der Waals surface area contributed by atoms with Crippen molar-refractivity contribution >= 4 is 5.97 Å². The largest absolute Gasteiger partial charge is 0.467 e. The second kappa shape index (κ2) is 4.87. The number of hydrogen-bond donors (Lipinski definition) is 1. The monoisotopic (exact) mass is 229 g/mol. The Balaban J connectivity index is 2.26. The first-order valence-electron chi connectivity index (χ1n) is 5.51. The van der Waals surface area contributed by atoms with Gasteiger partial charge in [-0.25, -0.2) is 4.79 Å². The second-order valence-electron chi connectivity index (χ2n) is 3.99. The minimum Gasteiger partial charge on any atom is -0.467 e. The zero-order chi connectivity index (χ0) is 12.1. The Morgan fingerprint density at radius 1 is 1.29 bits per heavy atom. The molecule has 1 heterocycles. The summed E-state index contributed by atoms with van der Waals surface area (Å²) in [5.41, 5.74) is 0.301. The average molecular weight is 229 g/mol. The van der Waals surface area contributed by atoms with Crippen LogP contribution in [0.4, 0.5) is 0 Å². The van der Waals surface area contributed by atoms with Crippen molar-refractivity contribution in [2.75, 3.05) is 7.11 Å². The van der Waals surface area contributed by atoms with Crippen LogP contribution in [0.1, 0.15) is 5.56 Å². The van der Waals surface area contributed by atoms with Gasteiger partial charge in [0.25, 0.3) is 0 Å². The molecule has 0 amide bonds. The fourth-order valence-corrected chi connectivity index (χ4v) is 1.93. The van der Waals surface area contributed by atoms with Crippen molar-refractivity contribution in [1.29, 1.82) is 0 Å². The smallest absolute Gasteiger partial charge is 0.335 e. The van der Waals surface area contributed by atoms with Gasteiger partial charge < -0.3 is 10.1 Å². The number of carbonyl (C=O) groups excluding carboxylic acids is 1. The van der Waals surface area contributed by atoms with Crippen LogP contribution in [-0.2, 0) is 16.0 Å². The summed E-state index contributed by atoms with van der Waals surface area (Å²) in [7, 11) is 1.41. The van der Waals surface area contributed by atoms with Gasteiger partial charge in [-0.3, -0.25) is 0 Å². The number of dihydropyridines is 1. The number of esters is 1. The maximum absolute atomic E-state index is 11.9. The molecule has 1 aliphatic heterocycles. The van der Waals surface area contributed by atoms with Gasteiger partial charge in [0.2, 0.25) is 0 Å². The van der Waals surface area contributed by atoms with E-state index in [4.69, 9.17) is 4.74 Å².